The number of sulfonamides is 1. The van der Waals surface area contributed by atoms with Crippen molar-refractivity contribution in [1.29, 1.82) is 0 Å². The zero-order chi connectivity index (χ0) is 12.6. The molecule has 1 aliphatic rings. The maximum Gasteiger partial charge on any atom is 0.241 e. The Kier molecular flexibility index (Phi) is 3.58. The van der Waals surface area contributed by atoms with Crippen molar-refractivity contribution in [3.63, 3.8) is 0 Å². The lowest BCUT2D eigenvalue weighted by Gasteiger charge is -2.04. The van der Waals surface area contributed by atoms with E-state index >= 15 is 0 Å². The van der Waals surface area contributed by atoms with Crippen LogP contribution in [0.15, 0.2) is 11.0 Å². The highest BCUT2D eigenvalue weighted by atomic mass is 32.2. The fourth-order valence-electron chi connectivity index (χ4n) is 1.80. The Morgan fingerprint density at radius 2 is 2.18 bits per heavy atom. The van der Waals surface area contributed by atoms with Gasteiger partial charge in [0, 0.05) is 22.3 Å². The van der Waals surface area contributed by atoms with E-state index in [9.17, 15) is 8.42 Å². The van der Waals surface area contributed by atoms with Gasteiger partial charge in [0.1, 0.15) is 0 Å². The van der Waals surface area contributed by atoms with Gasteiger partial charge in [-0.15, -0.1) is 11.3 Å². The van der Waals surface area contributed by atoms with Gasteiger partial charge in [0.2, 0.25) is 10.0 Å². The highest BCUT2D eigenvalue weighted by Crippen LogP contribution is 2.32. The van der Waals surface area contributed by atoms with Crippen molar-refractivity contribution in [2.24, 2.45) is 5.92 Å². The Balaban J connectivity index is 2.20. The lowest BCUT2D eigenvalue weighted by Crippen LogP contribution is -2.26. The average Bonchev–Trinajstić information content (AvgIpc) is 2.74. The minimum absolute atomic E-state index is 0.132. The van der Waals surface area contributed by atoms with Gasteiger partial charge in [0.05, 0.1) is 4.90 Å². The van der Waals surface area contributed by atoms with Crippen LogP contribution in [0, 0.1) is 12.8 Å². The van der Waals surface area contributed by atoms with Gasteiger partial charge in [-0.05, 0) is 32.4 Å². The lowest BCUT2D eigenvalue weighted by molar-refractivity contribution is 0.578. The van der Waals surface area contributed by atoms with Crippen LogP contribution in [-0.2, 0) is 16.6 Å². The first-order valence-electron chi connectivity index (χ1n) is 5.70. The summed E-state index contributed by atoms with van der Waals surface area (Å²) in [6.07, 6.45) is 0.950. The van der Waals surface area contributed by atoms with Crippen LogP contribution in [0.5, 0.6) is 0 Å². The largest absolute Gasteiger partial charge is 0.315 e. The first kappa shape index (κ1) is 13.0. The molecule has 2 rings (SSSR count). The molecule has 0 saturated heterocycles. The number of rotatable bonds is 5. The van der Waals surface area contributed by atoms with Crippen LogP contribution in [0.3, 0.4) is 0 Å². The summed E-state index contributed by atoms with van der Waals surface area (Å²) in [5.74, 6) is 0.473. The third-order valence-electron chi connectivity index (χ3n) is 2.98. The zero-order valence-corrected chi connectivity index (χ0v) is 11.9. The van der Waals surface area contributed by atoms with Gasteiger partial charge in [0.15, 0.2) is 0 Å². The van der Waals surface area contributed by atoms with Gasteiger partial charge in [0.25, 0.3) is 0 Å². The van der Waals surface area contributed by atoms with Crippen molar-refractivity contribution in [2.75, 3.05) is 7.05 Å². The zero-order valence-electron chi connectivity index (χ0n) is 10.3. The van der Waals surface area contributed by atoms with Crippen molar-refractivity contribution >= 4 is 21.4 Å². The fraction of sp³-hybridized carbons (Fsp3) is 0.636. The van der Waals surface area contributed by atoms with E-state index in [4.69, 9.17) is 0 Å². The van der Waals surface area contributed by atoms with Gasteiger partial charge >= 0.3 is 0 Å². The number of hydrogen-bond acceptors (Lipinski definition) is 4. The molecule has 1 aromatic heterocycles. The molecule has 0 bridgehead atoms. The molecule has 17 heavy (non-hydrogen) atoms. The van der Waals surface area contributed by atoms with Gasteiger partial charge in [-0.3, -0.25) is 0 Å². The Hall–Kier alpha value is -0.430. The van der Waals surface area contributed by atoms with E-state index in [1.165, 1.54) is 11.3 Å². The molecule has 1 aromatic rings. The molecule has 1 saturated carbocycles. The minimum atomic E-state index is -3.33. The van der Waals surface area contributed by atoms with E-state index in [0.29, 0.717) is 17.4 Å². The molecular weight excluding hydrogens is 256 g/mol. The highest BCUT2D eigenvalue weighted by molar-refractivity contribution is 7.89. The van der Waals surface area contributed by atoms with Gasteiger partial charge < -0.3 is 5.32 Å². The summed E-state index contributed by atoms with van der Waals surface area (Å²) < 4.78 is 27.0. The van der Waals surface area contributed by atoms with E-state index < -0.39 is 10.0 Å². The predicted molar refractivity (Wildman–Crippen MR) is 69.7 cm³/mol. The first-order chi connectivity index (χ1) is 7.94. The Bertz CT molecular complexity index is 508. The molecule has 2 unspecified atom stereocenters. The molecule has 1 heterocycles. The topological polar surface area (TPSA) is 58.2 Å². The standard InChI is InChI=1S/C11H18N2O2S2/c1-7-4-10(7)13-17(14,15)11-5-9(6-12-3)16-8(11)2/h5,7,10,12-13H,4,6H2,1-3H3. The molecular formula is C11H18N2O2S2. The predicted octanol–water partition coefficient (Wildman–Crippen LogP) is 1.46. The second-order valence-electron chi connectivity index (χ2n) is 4.60. The van der Waals surface area contributed by atoms with Crippen LogP contribution in [0.1, 0.15) is 23.1 Å². The molecule has 0 amide bonds. The molecule has 6 heteroatoms. The molecule has 0 radical (unpaired) electrons. The maximum absolute atomic E-state index is 12.1. The Morgan fingerprint density at radius 1 is 1.53 bits per heavy atom. The molecule has 96 valence electrons. The monoisotopic (exact) mass is 274 g/mol. The second-order valence-corrected chi connectivity index (χ2v) is 7.63. The molecule has 2 atom stereocenters. The van der Waals surface area contributed by atoms with Gasteiger partial charge in [-0.1, -0.05) is 6.92 Å². The minimum Gasteiger partial charge on any atom is -0.315 e. The third-order valence-corrected chi connectivity index (χ3v) is 5.78. The highest BCUT2D eigenvalue weighted by Gasteiger charge is 2.37. The van der Waals surface area contributed by atoms with E-state index in [-0.39, 0.29) is 6.04 Å². The van der Waals surface area contributed by atoms with Crippen LogP contribution in [0.2, 0.25) is 0 Å². The normalized spacial score (nSPS) is 23.9. The number of hydrogen-bond donors (Lipinski definition) is 2. The van der Waals surface area contributed by atoms with Crippen LogP contribution >= 0.6 is 11.3 Å². The van der Waals surface area contributed by atoms with Crippen molar-refractivity contribution < 1.29 is 8.42 Å². The quantitative estimate of drug-likeness (QED) is 0.854. The van der Waals surface area contributed by atoms with Crippen LogP contribution in [-0.4, -0.2) is 21.5 Å². The van der Waals surface area contributed by atoms with E-state index in [2.05, 4.69) is 17.0 Å². The molecule has 0 aliphatic heterocycles. The Labute approximate surface area is 106 Å². The van der Waals surface area contributed by atoms with Crippen LogP contribution in [0.4, 0.5) is 0 Å². The Morgan fingerprint density at radius 3 is 2.71 bits per heavy atom. The SMILES string of the molecule is CNCc1cc(S(=O)(=O)NC2CC2C)c(C)s1. The number of nitrogens with one attached hydrogen (secondary N) is 2. The number of aryl methyl sites for hydroxylation is 1. The van der Waals surface area contributed by atoms with Gasteiger partial charge in [-0.25, -0.2) is 13.1 Å². The van der Waals surface area contributed by atoms with Crippen LogP contribution in [0.25, 0.3) is 0 Å². The van der Waals surface area contributed by atoms with Crippen molar-refractivity contribution in [3.05, 3.63) is 15.8 Å². The second kappa shape index (κ2) is 4.68. The van der Waals surface area contributed by atoms with E-state index in [1.54, 1.807) is 6.07 Å². The smallest absolute Gasteiger partial charge is 0.241 e. The van der Waals surface area contributed by atoms with E-state index in [0.717, 1.165) is 16.2 Å². The van der Waals surface area contributed by atoms with Crippen molar-refractivity contribution in [1.82, 2.24) is 10.0 Å². The fourth-order valence-corrected chi connectivity index (χ4v) is 4.81. The molecule has 2 N–H and O–H groups in total. The average molecular weight is 274 g/mol. The lowest BCUT2D eigenvalue weighted by atomic mass is 10.4. The van der Waals surface area contributed by atoms with E-state index in [1.807, 2.05) is 14.0 Å². The molecule has 0 aromatic carbocycles. The summed E-state index contributed by atoms with van der Waals surface area (Å²) in [7, 11) is -1.47. The summed E-state index contributed by atoms with van der Waals surface area (Å²) in [5, 5.41) is 3.03. The summed E-state index contributed by atoms with van der Waals surface area (Å²) in [4.78, 5) is 2.34. The van der Waals surface area contributed by atoms with Gasteiger partial charge in [-0.2, -0.15) is 0 Å². The molecule has 1 aliphatic carbocycles. The summed E-state index contributed by atoms with van der Waals surface area (Å²) >= 11 is 1.53. The number of thiophene rings is 1. The third kappa shape index (κ3) is 2.88. The molecule has 0 spiro atoms. The molecule has 1 fully saturated rings. The summed E-state index contributed by atoms with van der Waals surface area (Å²) in [6.45, 7) is 4.62. The van der Waals surface area contributed by atoms with Crippen molar-refractivity contribution in [2.45, 2.75) is 37.8 Å². The van der Waals surface area contributed by atoms with Crippen molar-refractivity contribution in [3.8, 4) is 0 Å². The first-order valence-corrected chi connectivity index (χ1v) is 8.00. The summed E-state index contributed by atoms with van der Waals surface area (Å²) in [6, 6.07) is 1.90. The summed E-state index contributed by atoms with van der Waals surface area (Å²) in [5.41, 5.74) is 0. The molecule has 4 nitrogen and oxygen atoms in total. The maximum atomic E-state index is 12.1. The van der Waals surface area contributed by atoms with Crippen LogP contribution < -0.4 is 10.0 Å².